The first-order chi connectivity index (χ1) is 9.01. The van der Waals surface area contributed by atoms with Crippen LogP contribution in [0.4, 0.5) is 5.69 Å². The Balaban J connectivity index is 2.94. The first-order valence-electron chi connectivity index (χ1n) is 6.86. The second kappa shape index (κ2) is 7.50. The molecule has 1 rings (SSSR count). The van der Waals surface area contributed by atoms with Crippen LogP contribution in [0.3, 0.4) is 0 Å². The van der Waals surface area contributed by atoms with Gasteiger partial charge in [0.2, 0.25) is 10.0 Å². The molecule has 1 aromatic rings. The van der Waals surface area contributed by atoms with Crippen molar-refractivity contribution in [2.24, 2.45) is 0 Å². The topological polar surface area (TPSA) is 58.2 Å². The first-order valence-corrected chi connectivity index (χ1v) is 8.34. The Morgan fingerprint density at radius 2 is 1.84 bits per heavy atom. The second-order valence-electron chi connectivity index (χ2n) is 4.73. The van der Waals surface area contributed by atoms with Gasteiger partial charge in [0.25, 0.3) is 0 Å². The maximum atomic E-state index is 12.4. The molecule has 1 atom stereocenters. The Labute approximate surface area is 116 Å². The lowest BCUT2D eigenvalue weighted by Crippen LogP contribution is -2.32. The van der Waals surface area contributed by atoms with Crippen molar-refractivity contribution in [3.8, 4) is 0 Å². The number of sulfonamides is 1. The molecule has 0 fully saturated rings. The van der Waals surface area contributed by atoms with Gasteiger partial charge < -0.3 is 5.32 Å². The number of hydrogen-bond acceptors (Lipinski definition) is 3. The third-order valence-corrected chi connectivity index (χ3v) is 4.47. The van der Waals surface area contributed by atoms with Crippen molar-refractivity contribution < 1.29 is 8.42 Å². The van der Waals surface area contributed by atoms with Crippen LogP contribution in [0.1, 0.15) is 40.0 Å². The van der Waals surface area contributed by atoms with E-state index < -0.39 is 10.0 Å². The molecule has 1 unspecified atom stereocenters. The van der Waals surface area contributed by atoms with Crippen molar-refractivity contribution in [2.45, 2.75) is 51.0 Å². The quantitative estimate of drug-likeness (QED) is 0.771. The SMILES string of the molecule is CCCNc1ccccc1S(=O)(=O)NC(C)CCC. The Hall–Kier alpha value is -1.07. The fourth-order valence-corrected chi connectivity index (χ4v) is 3.39. The maximum absolute atomic E-state index is 12.4. The Morgan fingerprint density at radius 1 is 1.16 bits per heavy atom. The van der Waals surface area contributed by atoms with Crippen molar-refractivity contribution in [2.75, 3.05) is 11.9 Å². The number of rotatable bonds is 8. The molecule has 0 radical (unpaired) electrons. The van der Waals surface area contributed by atoms with Gasteiger partial charge in [0.1, 0.15) is 4.90 Å². The van der Waals surface area contributed by atoms with E-state index in [1.165, 1.54) is 0 Å². The summed E-state index contributed by atoms with van der Waals surface area (Å²) >= 11 is 0. The van der Waals surface area contributed by atoms with Crippen LogP contribution in [-0.2, 0) is 10.0 Å². The monoisotopic (exact) mass is 284 g/mol. The summed E-state index contributed by atoms with van der Waals surface area (Å²) in [6.45, 7) is 6.74. The largest absolute Gasteiger partial charge is 0.384 e. The summed E-state index contributed by atoms with van der Waals surface area (Å²) in [5, 5.41) is 3.16. The highest BCUT2D eigenvalue weighted by Crippen LogP contribution is 2.21. The zero-order chi connectivity index (χ0) is 14.3. The lowest BCUT2D eigenvalue weighted by molar-refractivity contribution is 0.544. The summed E-state index contributed by atoms with van der Waals surface area (Å²) in [5.74, 6) is 0. The van der Waals surface area contributed by atoms with Gasteiger partial charge >= 0.3 is 0 Å². The van der Waals surface area contributed by atoms with Gasteiger partial charge in [-0.3, -0.25) is 0 Å². The standard InChI is InChI=1S/C14H24N2O2S/c1-4-8-12(3)16-19(17,18)14-10-7-6-9-13(14)15-11-5-2/h6-7,9-10,12,15-16H,4-5,8,11H2,1-3H3. The number of benzene rings is 1. The van der Waals surface area contributed by atoms with Crippen LogP contribution in [0, 0.1) is 0 Å². The summed E-state index contributed by atoms with van der Waals surface area (Å²) in [5.41, 5.74) is 0.667. The number of nitrogens with one attached hydrogen (secondary N) is 2. The summed E-state index contributed by atoms with van der Waals surface area (Å²) < 4.78 is 27.4. The minimum absolute atomic E-state index is 0.0470. The van der Waals surface area contributed by atoms with Crippen LogP contribution in [0.25, 0.3) is 0 Å². The van der Waals surface area contributed by atoms with Crippen LogP contribution in [-0.4, -0.2) is 21.0 Å². The van der Waals surface area contributed by atoms with Crippen molar-refractivity contribution >= 4 is 15.7 Å². The van der Waals surface area contributed by atoms with Crippen LogP contribution < -0.4 is 10.0 Å². The van der Waals surface area contributed by atoms with E-state index in [9.17, 15) is 8.42 Å². The van der Waals surface area contributed by atoms with Crippen LogP contribution in [0.2, 0.25) is 0 Å². The minimum atomic E-state index is -3.46. The summed E-state index contributed by atoms with van der Waals surface area (Å²) in [6.07, 6.45) is 2.75. The summed E-state index contributed by atoms with van der Waals surface area (Å²) in [4.78, 5) is 0.325. The van der Waals surface area contributed by atoms with E-state index in [1.807, 2.05) is 26.8 Å². The molecular weight excluding hydrogens is 260 g/mol. The molecule has 108 valence electrons. The fourth-order valence-electron chi connectivity index (χ4n) is 1.93. The zero-order valence-corrected chi connectivity index (χ0v) is 12.8. The molecule has 0 saturated heterocycles. The van der Waals surface area contributed by atoms with Gasteiger partial charge in [0.05, 0.1) is 5.69 Å². The molecule has 0 saturated carbocycles. The minimum Gasteiger partial charge on any atom is -0.384 e. The molecule has 1 aromatic carbocycles. The van der Waals surface area contributed by atoms with Crippen molar-refractivity contribution in [3.63, 3.8) is 0 Å². The van der Waals surface area contributed by atoms with Gasteiger partial charge in [-0.25, -0.2) is 13.1 Å². The van der Waals surface area contributed by atoms with E-state index in [-0.39, 0.29) is 6.04 Å². The molecule has 2 N–H and O–H groups in total. The Bertz CT molecular complexity index is 486. The molecule has 19 heavy (non-hydrogen) atoms. The van der Waals surface area contributed by atoms with Gasteiger partial charge in [0.15, 0.2) is 0 Å². The second-order valence-corrected chi connectivity index (χ2v) is 6.42. The third-order valence-electron chi connectivity index (χ3n) is 2.82. The number of para-hydroxylation sites is 1. The van der Waals surface area contributed by atoms with Crippen molar-refractivity contribution in [1.82, 2.24) is 4.72 Å². The average Bonchev–Trinajstić information content (AvgIpc) is 2.36. The molecule has 0 aliphatic rings. The van der Waals surface area contributed by atoms with Crippen LogP contribution >= 0.6 is 0 Å². The van der Waals surface area contributed by atoms with Gasteiger partial charge in [-0.15, -0.1) is 0 Å². The van der Waals surface area contributed by atoms with E-state index in [1.54, 1.807) is 18.2 Å². The summed E-state index contributed by atoms with van der Waals surface area (Å²) in [7, 11) is -3.46. The van der Waals surface area contributed by atoms with Crippen LogP contribution in [0.15, 0.2) is 29.2 Å². The van der Waals surface area contributed by atoms with Gasteiger partial charge in [0, 0.05) is 12.6 Å². The number of hydrogen-bond donors (Lipinski definition) is 2. The molecule has 0 heterocycles. The van der Waals surface area contributed by atoms with E-state index in [4.69, 9.17) is 0 Å². The highest BCUT2D eigenvalue weighted by Gasteiger charge is 2.19. The third kappa shape index (κ3) is 4.84. The van der Waals surface area contributed by atoms with Crippen LogP contribution in [0.5, 0.6) is 0 Å². The predicted molar refractivity (Wildman–Crippen MR) is 79.9 cm³/mol. The molecular formula is C14H24N2O2S. The fraction of sp³-hybridized carbons (Fsp3) is 0.571. The molecule has 0 aliphatic heterocycles. The van der Waals surface area contributed by atoms with E-state index in [0.29, 0.717) is 10.6 Å². The highest BCUT2D eigenvalue weighted by molar-refractivity contribution is 7.89. The molecule has 0 amide bonds. The predicted octanol–water partition coefficient (Wildman–Crippen LogP) is 2.98. The van der Waals surface area contributed by atoms with Crippen molar-refractivity contribution in [3.05, 3.63) is 24.3 Å². The normalized spacial score (nSPS) is 13.2. The van der Waals surface area contributed by atoms with E-state index >= 15 is 0 Å². The first kappa shape index (κ1) is 16.0. The highest BCUT2D eigenvalue weighted by atomic mass is 32.2. The van der Waals surface area contributed by atoms with E-state index in [2.05, 4.69) is 10.0 Å². The lowest BCUT2D eigenvalue weighted by Gasteiger charge is -2.16. The van der Waals surface area contributed by atoms with Gasteiger partial charge in [-0.2, -0.15) is 0 Å². The maximum Gasteiger partial charge on any atom is 0.242 e. The molecule has 0 aliphatic carbocycles. The van der Waals surface area contributed by atoms with E-state index in [0.717, 1.165) is 25.8 Å². The molecule has 0 bridgehead atoms. The summed E-state index contributed by atoms with van der Waals surface area (Å²) in [6, 6.07) is 6.98. The van der Waals surface area contributed by atoms with Gasteiger partial charge in [-0.05, 0) is 31.9 Å². The van der Waals surface area contributed by atoms with Gasteiger partial charge in [-0.1, -0.05) is 32.4 Å². The lowest BCUT2D eigenvalue weighted by atomic mass is 10.2. The number of anilines is 1. The smallest absolute Gasteiger partial charge is 0.242 e. The molecule has 0 spiro atoms. The average molecular weight is 284 g/mol. The molecule has 4 nitrogen and oxygen atoms in total. The van der Waals surface area contributed by atoms with Crippen molar-refractivity contribution in [1.29, 1.82) is 0 Å². The Morgan fingerprint density at radius 3 is 2.47 bits per heavy atom. The Kier molecular flexibility index (Phi) is 6.31. The molecule has 0 aromatic heterocycles. The zero-order valence-electron chi connectivity index (χ0n) is 11.9. The molecule has 5 heteroatoms.